The number of rotatable bonds is 6. The monoisotopic (exact) mass is 287 g/mol. The summed E-state index contributed by atoms with van der Waals surface area (Å²) in [4.78, 5) is 8.41. The average Bonchev–Trinajstić information content (AvgIpc) is 2.16. The maximum absolute atomic E-state index is 4.27. The van der Waals surface area contributed by atoms with Crippen molar-refractivity contribution in [1.29, 1.82) is 0 Å². The van der Waals surface area contributed by atoms with Gasteiger partial charge in [0, 0.05) is 24.1 Å². The second-order valence-electron chi connectivity index (χ2n) is 2.91. The van der Waals surface area contributed by atoms with Gasteiger partial charge in [-0.3, -0.25) is 0 Å². The second-order valence-corrected chi connectivity index (χ2v) is 4.88. The van der Waals surface area contributed by atoms with E-state index in [2.05, 4.69) is 37.8 Å². The molecule has 1 aromatic heterocycles. The lowest BCUT2D eigenvalue weighted by molar-refractivity contribution is 1.02. The summed E-state index contributed by atoms with van der Waals surface area (Å²) in [5.74, 6) is 3.68. The number of thioether (sulfide) groups is 1. The van der Waals surface area contributed by atoms with Crippen LogP contribution in [0.15, 0.2) is 23.3 Å². The zero-order valence-corrected chi connectivity index (χ0v) is 11.1. The van der Waals surface area contributed by atoms with Gasteiger partial charge in [-0.15, -0.1) is 6.58 Å². The molecule has 15 heavy (non-hydrogen) atoms. The Kier molecular flexibility index (Phi) is 5.71. The van der Waals surface area contributed by atoms with Crippen LogP contribution in [0.4, 0.5) is 5.82 Å². The molecule has 82 valence electrons. The third kappa shape index (κ3) is 5.18. The first kappa shape index (κ1) is 12.5. The average molecular weight is 288 g/mol. The lowest BCUT2D eigenvalue weighted by Crippen LogP contribution is -2.07. The molecule has 0 aromatic carbocycles. The minimum atomic E-state index is 0.769. The lowest BCUT2D eigenvalue weighted by Gasteiger charge is -2.05. The van der Waals surface area contributed by atoms with Crippen molar-refractivity contribution in [2.45, 2.75) is 6.92 Å². The van der Waals surface area contributed by atoms with E-state index in [0.29, 0.717) is 0 Å². The normalized spacial score (nSPS) is 10.0. The third-order valence-electron chi connectivity index (χ3n) is 1.59. The number of nitrogens with one attached hydrogen (secondary N) is 1. The van der Waals surface area contributed by atoms with Crippen LogP contribution in [0.2, 0.25) is 0 Å². The van der Waals surface area contributed by atoms with Crippen molar-refractivity contribution in [3.63, 3.8) is 0 Å². The largest absolute Gasteiger partial charge is 0.369 e. The van der Waals surface area contributed by atoms with Gasteiger partial charge in [0.1, 0.15) is 16.2 Å². The molecule has 0 saturated heterocycles. The van der Waals surface area contributed by atoms with Crippen molar-refractivity contribution in [1.82, 2.24) is 9.97 Å². The third-order valence-corrected chi connectivity index (χ3v) is 2.97. The standard InChI is InChI=1S/C10H14BrN3S/c1-3-5-15-6-4-12-10-7-9(11)13-8(2)14-10/h3,7H,1,4-6H2,2H3,(H,12,13,14). The van der Waals surface area contributed by atoms with Crippen molar-refractivity contribution < 1.29 is 0 Å². The summed E-state index contributed by atoms with van der Waals surface area (Å²) in [7, 11) is 0. The Hall–Kier alpha value is -0.550. The molecule has 0 spiro atoms. The van der Waals surface area contributed by atoms with Gasteiger partial charge >= 0.3 is 0 Å². The molecule has 0 fully saturated rings. The van der Waals surface area contributed by atoms with Gasteiger partial charge in [0.2, 0.25) is 0 Å². The van der Waals surface area contributed by atoms with Gasteiger partial charge in [0.15, 0.2) is 0 Å². The molecule has 5 heteroatoms. The Morgan fingerprint density at radius 2 is 2.40 bits per heavy atom. The van der Waals surface area contributed by atoms with Crippen LogP contribution in [0.25, 0.3) is 0 Å². The Morgan fingerprint density at radius 1 is 1.60 bits per heavy atom. The molecule has 0 aliphatic rings. The molecule has 1 N–H and O–H groups in total. The lowest BCUT2D eigenvalue weighted by atomic mass is 10.5. The van der Waals surface area contributed by atoms with E-state index in [9.17, 15) is 0 Å². The highest BCUT2D eigenvalue weighted by atomic mass is 79.9. The van der Waals surface area contributed by atoms with Gasteiger partial charge in [0.25, 0.3) is 0 Å². The number of aryl methyl sites for hydroxylation is 1. The van der Waals surface area contributed by atoms with Crippen molar-refractivity contribution in [3.05, 3.63) is 29.1 Å². The van der Waals surface area contributed by atoms with E-state index in [1.54, 1.807) is 0 Å². The molecule has 0 unspecified atom stereocenters. The molecule has 0 bridgehead atoms. The highest BCUT2D eigenvalue weighted by molar-refractivity contribution is 9.10. The molecule has 1 heterocycles. The second kappa shape index (κ2) is 6.85. The number of nitrogens with zero attached hydrogens (tertiary/aromatic N) is 2. The van der Waals surface area contributed by atoms with Gasteiger partial charge in [0.05, 0.1) is 0 Å². The van der Waals surface area contributed by atoms with Crippen LogP contribution in [0, 0.1) is 6.92 Å². The summed E-state index contributed by atoms with van der Waals surface area (Å²) >= 11 is 5.18. The molecule has 3 nitrogen and oxygen atoms in total. The van der Waals surface area contributed by atoms with E-state index in [1.807, 2.05) is 30.8 Å². The molecular formula is C10H14BrN3S. The highest BCUT2D eigenvalue weighted by Crippen LogP contribution is 2.11. The zero-order chi connectivity index (χ0) is 11.1. The van der Waals surface area contributed by atoms with Gasteiger partial charge in [-0.2, -0.15) is 11.8 Å². The van der Waals surface area contributed by atoms with Crippen LogP contribution in [-0.2, 0) is 0 Å². The predicted molar refractivity (Wildman–Crippen MR) is 70.5 cm³/mol. The zero-order valence-electron chi connectivity index (χ0n) is 8.66. The van der Waals surface area contributed by atoms with Crippen LogP contribution in [0.1, 0.15) is 5.82 Å². The molecule has 0 saturated carbocycles. The van der Waals surface area contributed by atoms with E-state index >= 15 is 0 Å². The maximum Gasteiger partial charge on any atom is 0.130 e. The molecule has 0 radical (unpaired) electrons. The number of aromatic nitrogens is 2. The molecule has 0 atom stereocenters. The SMILES string of the molecule is C=CCSCCNc1cc(Br)nc(C)n1. The minimum absolute atomic E-state index is 0.769. The van der Waals surface area contributed by atoms with Crippen LogP contribution >= 0.6 is 27.7 Å². The van der Waals surface area contributed by atoms with Crippen LogP contribution in [0.5, 0.6) is 0 Å². The van der Waals surface area contributed by atoms with E-state index < -0.39 is 0 Å². The molecule has 1 aromatic rings. The van der Waals surface area contributed by atoms with E-state index in [0.717, 1.165) is 34.3 Å². The fourth-order valence-electron chi connectivity index (χ4n) is 1.04. The summed E-state index contributed by atoms with van der Waals surface area (Å²) in [5.41, 5.74) is 0. The Morgan fingerprint density at radius 3 is 3.07 bits per heavy atom. The number of anilines is 1. The molecular weight excluding hydrogens is 274 g/mol. The van der Waals surface area contributed by atoms with Gasteiger partial charge in [-0.05, 0) is 22.9 Å². The van der Waals surface area contributed by atoms with Crippen molar-refractivity contribution >= 4 is 33.5 Å². The van der Waals surface area contributed by atoms with Crippen molar-refractivity contribution in [2.24, 2.45) is 0 Å². The fraction of sp³-hybridized carbons (Fsp3) is 0.400. The van der Waals surface area contributed by atoms with Gasteiger partial charge in [-0.25, -0.2) is 9.97 Å². The minimum Gasteiger partial charge on any atom is -0.369 e. The maximum atomic E-state index is 4.27. The van der Waals surface area contributed by atoms with E-state index in [4.69, 9.17) is 0 Å². The summed E-state index contributed by atoms with van der Waals surface area (Å²) in [6, 6.07) is 1.88. The summed E-state index contributed by atoms with van der Waals surface area (Å²) in [6.07, 6.45) is 1.91. The van der Waals surface area contributed by atoms with Crippen LogP contribution in [-0.4, -0.2) is 28.0 Å². The number of hydrogen-bond donors (Lipinski definition) is 1. The van der Waals surface area contributed by atoms with Crippen LogP contribution < -0.4 is 5.32 Å². The Labute approximate surface area is 103 Å². The molecule has 1 rings (SSSR count). The number of hydrogen-bond acceptors (Lipinski definition) is 4. The first-order valence-electron chi connectivity index (χ1n) is 4.66. The first-order chi connectivity index (χ1) is 7.22. The van der Waals surface area contributed by atoms with Gasteiger partial charge in [-0.1, -0.05) is 6.08 Å². The van der Waals surface area contributed by atoms with Crippen molar-refractivity contribution in [3.8, 4) is 0 Å². The van der Waals surface area contributed by atoms with E-state index in [1.165, 1.54) is 0 Å². The van der Waals surface area contributed by atoms with Crippen LogP contribution in [0.3, 0.4) is 0 Å². The summed E-state index contributed by atoms with van der Waals surface area (Å²) in [5, 5.41) is 3.25. The smallest absolute Gasteiger partial charge is 0.130 e. The quantitative estimate of drug-likeness (QED) is 0.496. The number of halogens is 1. The summed E-state index contributed by atoms with van der Waals surface area (Å²) < 4.78 is 0.816. The molecule has 0 amide bonds. The van der Waals surface area contributed by atoms with Gasteiger partial charge < -0.3 is 5.32 Å². The molecule has 0 aliphatic carbocycles. The topological polar surface area (TPSA) is 37.8 Å². The fourth-order valence-corrected chi connectivity index (χ4v) is 2.09. The summed E-state index contributed by atoms with van der Waals surface area (Å²) in [6.45, 7) is 6.45. The first-order valence-corrected chi connectivity index (χ1v) is 6.61. The van der Waals surface area contributed by atoms with Crippen molar-refractivity contribution in [2.75, 3.05) is 23.4 Å². The Bertz CT molecular complexity index is 310. The molecule has 0 aliphatic heterocycles. The highest BCUT2D eigenvalue weighted by Gasteiger charge is 1.98. The van der Waals surface area contributed by atoms with E-state index in [-0.39, 0.29) is 0 Å². The predicted octanol–water partition coefficient (Wildman–Crippen LogP) is 2.88. The Balaban J connectivity index is 2.33.